The number of aromatic nitrogens is 2. The van der Waals surface area contributed by atoms with E-state index in [0.717, 1.165) is 22.0 Å². The molecule has 0 bridgehead atoms. The molecule has 0 spiro atoms. The lowest BCUT2D eigenvalue weighted by Gasteiger charge is -2.02. The first-order valence-corrected chi connectivity index (χ1v) is 5.55. The van der Waals surface area contributed by atoms with Crippen molar-refractivity contribution in [2.45, 2.75) is 6.92 Å². The third-order valence-corrected chi connectivity index (χ3v) is 2.63. The zero-order valence-corrected chi connectivity index (χ0v) is 10.2. The number of nitrogens with zero attached hydrogens (tertiary/aromatic N) is 2. The van der Waals surface area contributed by atoms with Gasteiger partial charge in [-0.25, -0.2) is 9.97 Å². The van der Waals surface area contributed by atoms with E-state index in [4.69, 9.17) is 0 Å². The van der Waals surface area contributed by atoms with Crippen LogP contribution in [0.1, 0.15) is 16.2 Å². The number of carbonyl (C=O) groups is 1. The summed E-state index contributed by atoms with van der Waals surface area (Å²) in [5.74, 6) is 0.578. The first-order chi connectivity index (χ1) is 7.69. The Kier molecular flexibility index (Phi) is 3.10. The number of rotatable bonds is 2. The monoisotopic (exact) mass is 276 g/mol. The highest BCUT2D eigenvalue weighted by Crippen LogP contribution is 2.18. The van der Waals surface area contributed by atoms with Crippen molar-refractivity contribution >= 4 is 22.2 Å². The maximum atomic E-state index is 10.7. The molecule has 0 radical (unpaired) electrons. The third kappa shape index (κ3) is 2.33. The summed E-state index contributed by atoms with van der Waals surface area (Å²) in [6.45, 7) is 1.84. The second kappa shape index (κ2) is 4.53. The van der Waals surface area contributed by atoms with Crippen LogP contribution in [-0.2, 0) is 0 Å². The smallest absolute Gasteiger partial charge is 0.168 e. The largest absolute Gasteiger partial charge is 0.296 e. The van der Waals surface area contributed by atoms with Gasteiger partial charge in [0.15, 0.2) is 12.1 Å². The molecule has 1 aromatic heterocycles. The molecule has 1 heterocycles. The molecule has 0 amide bonds. The average Bonchev–Trinajstić information content (AvgIpc) is 2.29. The Hall–Kier alpha value is -1.55. The summed E-state index contributed by atoms with van der Waals surface area (Å²) in [5, 5.41) is 0. The molecule has 0 unspecified atom stereocenters. The van der Waals surface area contributed by atoms with E-state index in [9.17, 15) is 4.79 Å². The van der Waals surface area contributed by atoms with Crippen LogP contribution < -0.4 is 0 Å². The lowest BCUT2D eigenvalue weighted by molar-refractivity contribution is 0.111. The molecular formula is C12H9BrN2O. The van der Waals surface area contributed by atoms with Crippen molar-refractivity contribution in [3.63, 3.8) is 0 Å². The van der Waals surface area contributed by atoms with E-state index in [2.05, 4.69) is 25.9 Å². The molecule has 0 N–H and O–H groups in total. The van der Waals surface area contributed by atoms with E-state index >= 15 is 0 Å². The van der Waals surface area contributed by atoms with Crippen LogP contribution in [0, 0.1) is 6.92 Å². The number of hydrogen-bond donors (Lipinski definition) is 0. The van der Waals surface area contributed by atoms with E-state index < -0.39 is 0 Å². The van der Waals surface area contributed by atoms with E-state index in [1.165, 1.54) is 0 Å². The predicted molar refractivity (Wildman–Crippen MR) is 65.3 cm³/mol. The molecule has 4 heteroatoms. The Morgan fingerprint density at radius 3 is 2.50 bits per heavy atom. The second-order valence-corrected chi connectivity index (χ2v) is 4.30. The quantitative estimate of drug-likeness (QED) is 0.792. The molecule has 0 aliphatic rings. The van der Waals surface area contributed by atoms with Crippen LogP contribution in [-0.4, -0.2) is 16.3 Å². The minimum absolute atomic E-state index is 0.408. The zero-order chi connectivity index (χ0) is 11.5. The Balaban J connectivity index is 2.51. The van der Waals surface area contributed by atoms with Crippen molar-refractivity contribution in [1.82, 2.24) is 9.97 Å². The predicted octanol–water partition coefficient (Wildman–Crippen LogP) is 3.03. The van der Waals surface area contributed by atoms with Crippen molar-refractivity contribution in [2.24, 2.45) is 0 Å². The molecule has 0 fully saturated rings. The lowest BCUT2D eigenvalue weighted by atomic mass is 10.2. The van der Waals surface area contributed by atoms with Gasteiger partial charge < -0.3 is 0 Å². The molecule has 0 atom stereocenters. The van der Waals surface area contributed by atoms with Gasteiger partial charge in [0.2, 0.25) is 0 Å². The van der Waals surface area contributed by atoms with Crippen molar-refractivity contribution in [3.8, 4) is 11.4 Å². The number of carbonyl (C=O) groups excluding carboxylic acids is 1. The van der Waals surface area contributed by atoms with Gasteiger partial charge in [-0.3, -0.25) is 4.79 Å². The van der Waals surface area contributed by atoms with Crippen LogP contribution in [0.15, 0.2) is 34.8 Å². The third-order valence-electron chi connectivity index (χ3n) is 2.10. The number of hydrogen-bond acceptors (Lipinski definition) is 3. The molecule has 2 aromatic rings. The number of benzene rings is 1. The highest BCUT2D eigenvalue weighted by molar-refractivity contribution is 9.10. The summed E-state index contributed by atoms with van der Waals surface area (Å²) >= 11 is 3.36. The van der Waals surface area contributed by atoms with Crippen molar-refractivity contribution < 1.29 is 4.79 Å². The number of halogens is 1. The molecule has 0 saturated heterocycles. The average molecular weight is 277 g/mol. The Morgan fingerprint density at radius 2 is 1.88 bits per heavy atom. The van der Waals surface area contributed by atoms with E-state index in [1.807, 2.05) is 31.2 Å². The maximum Gasteiger partial charge on any atom is 0.168 e. The Bertz CT molecular complexity index is 523. The molecule has 0 aliphatic heterocycles. The molecule has 3 nitrogen and oxygen atoms in total. The highest BCUT2D eigenvalue weighted by Gasteiger charge is 2.04. The van der Waals surface area contributed by atoms with Gasteiger partial charge in [0, 0.05) is 15.7 Å². The zero-order valence-electron chi connectivity index (χ0n) is 8.64. The van der Waals surface area contributed by atoms with Gasteiger partial charge in [-0.2, -0.15) is 0 Å². The van der Waals surface area contributed by atoms with Crippen LogP contribution in [0.5, 0.6) is 0 Å². The standard InChI is InChI=1S/C12H9BrN2O/c1-8-6-11(7-16)15-12(14-8)9-2-4-10(13)5-3-9/h2-7H,1H3. The fourth-order valence-electron chi connectivity index (χ4n) is 1.38. The summed E-state index contributed by atoms with van der Waals surface area (Å²) in [6, 6.07) is 9.32. The van der Waals surface area contributed by atoms with Gasteiger partial charge in [-0.05, 0) is 25.1 Å². The van der Waals surface area contributed by atoms with E-state index in [0.29, 0.717) is 11.5 Å². The van der Waals surface area contributed by atoms with Gasteiger partial charge in [0.25, 0.3) is 0 Å². The van der Waals surface area contributed by atoms with Crippen LogP contribution in [0.25, 0.3) is 11.4 Å². The lowest BCUT2D eigenvalue weighted by Crippen LogP contribution is -1.96. The molecular weight excluding hydrogens is 268 g/mol. The Morgan fingerprint density at radius 1 is 1.19 bits per heavy atom. The van der Waals surface area contributed by atoms with Crippen LogP contribution in [0.3, 0.4) is 0 Å². The van der Waals surface area contributed by atoms with Gasteiger partial charge in [0.05, 0.1) is 0 Å². The second-order valence-electron chi connectivity index (χ2n) is 3.38. The van der Waals surface area contributed by atoms with Gasteiger partial charge >= 0.3 is 0 Å². The van der Waals surface area contributed by atoms with Crippen molar-refractivity contribution in [2.75, 3.05) is 0 Å². The number of aryl methyl sites for hydroxylation is 1. The fraction of sp³-hybridized carbons (Fsp3) is 0.0833. The first-order valence-electron chi connectivity index (χ1n) is 4.76. The summed E-state index contributed by atoms with van der Waals surface area (Å²) in [7, 11) is 0. The summed E-state index contributed by atoms with van der Waals surface area (Å²) in [4.78, 5) is 19.2. The minimum Gasteiger partial charge on any atom is -0.296 e. The number of aldehydes is 1. The maximum absolute atomic E-state index is 10.7. The van der Waals surface area contributed by atoms with Crippen molar-refractivity contribution in [3.05, 3.63) is 46.2 Å². The summed E-state index contributed by atoms with van der Waals surface area (Å²) in [5.41, 5.74) is 2.09. The van der Waals surface area contributed by atoms with Gasteiger partial charge in [-0.1, -0.05) is 28.1 Å². The van der Waals surface area contributed by atoms with Crippen LogP contribution in [0.2, 0.25) is 0 Å². The molecule has 0 aliphatic carbocycles. The van der Waals surface area contributed by atoms with Crippen LogP contribution >= 0.6 is 15.9 Å². The fourth-order valence-corrected chi connectivity index (χ4v) is 1.65. The summed E-state index contributed by atoms with van der Waals surface area (Å²) in [6.07, 6.45) is 0.733. The first kappa shape index (κ1) is 11.0. The Labute approximate surface area is 102 Å². The summed E-state index contributed by atoms with van der Waals surface area (Å²) < 4.78 is 1.000. The van der Waals surface area contributed by atoms with Gasteiger partial charge in [-0.15, -0.1) is 0 Å². The minimum atomic E-state index is 0.408. The SMILES string of the molecule is Cc1cc(C=O)nc(-c2ccc(Br)cc2)n1. The normalized spacial score (nSPS) is 10.1. The molecule has 16 heavy (non-hydrogen) atoms. The van der Waals surface area contributed by atoms with E-state index in [-0.39, 0.29) is 0 Å². The highest BCUT2D eigenvalue weighted by atomic mass is 79.9. The van der Waals surface area contributed by atoms with Gasteiger partial charge in [0.1, 0.15) is 5.69 Å². The molecule has 80 valence electrons. The molecule has 1 aromatic carbocycles. The van der Waals surface area contributed by atoms with Crippen molar-refractivity contribution in [1.29, 1.82) is 0 Å². The van der Waals surface area contributed by atoms with E-state index in [1.54, 1.807) is 6.07 Å². The molecule has 2 rings (SSSR count). The van der Waals surface area contributed by atoms with Crippen LogP contribution in [0.4, 0.5) is 0 Å². The molecule has 0 saturated carbocycles. The topological polar surface area (TPSA) is 42.9 Å².